The van der Waals surface area contributed by atoms with Crippen LogP contribution >= 0.6 is 11.3 Å². The van der Waals surface area contributed by atoms with E-state index in [0.717, 1.165) is 35.6 Å². The van der Waals surface area contributed by atoms with E-state index in [1.54, 1.807) is 17.4 Å². The van der Waals surface area contributed by atoms with Crippen molar-refractivity contribution in [2.75, 3.05) is 13.1 Å². The van der Waals surface area contributed by atoms with Gasteiger partial charge in [0.1, 0.15) is 0 Å². The highest BCUT2D eigenvalue weighted by atomic mass is 32.1. The molecular weight excluding hydrogens is 310 g/mol. The van der Waals surface area contributed by atoms with E-state index >= 15 is 0 Å². The van der Waals surface area contributed by atoms with Crippen LogP contribution in [-0.4, -0.2) is 34.0 Å². The molecule has 1 saturated heterocycles. The average molecular weight is 327 g/mol. The second kappa shape index (κ2) is 5.77. The number of piperidine rings is 1. The smallest absolute Gasteiger partial charge is 0.292 e. The number of hydrogen-bond donors (Lipinski definition) is 0. The van der Waals surface area contributed by atoms with Crippen molar-refractivity contribution in [1.82, 2.24) is 15.0 Å². The van der Waals surface area contributed by atoms with Crippen LogP contribution in [0.1, 0.15) is 40.0 Å². The third-order valence-electron chi connectivity index (χ3n) is 4.21. The number of aromatic nitrogens is 2. The Kier molecular flexibility index (Phi) is 3.61. The first-order chi connectivity index (χ1) is 11.2. The molecule has 1 amide bonds. The van der Waals surface area contributed by atoms with Crippen molar-refractivity contribution in [2.24, 2.45) is 0 Å². The lowest BCUT2D eigenvalue weighted by molar-refractivity contribution is 0.0665. The summed E-state index contributed by atoms with van der Waals surface area (Å²) in [6.45, 7) is 3.28. The Labute approximate surface area is 137 Å². The van der Waals surface area contributed by atoms with E-state index < -0.39 is 0 Å². The normalized spacial score (nSPS) is 18.5. The van der Waals surface area contributed by atoms with Gasteiger partial charge in [0.2, 0.25) is 5.76 Å². The molecule has 0 radical (unpaired) electrons. The number of thiazole rings is 1. The molecule has 0 N–H and O–H groups in total. The first-order valence-electron chi connectivity index (χ1n) is 7.79. The van der Waals surface area contributed by atoms with Gasteiger partial charge in [-0.25, -0.2) is 4.98 Å². The molecule has 2 aromatic heterocycles. The van der Waals surface area contributed by atoms with Gasteiger partial charge in [0, 0.05) is 25.1 Å². The van der Waals surface area contributed by atoms with Crippen LogP contribution in [0, 0.1) is 6.92 Å². The van der Waals surface area contributed by atoms with Gasteiger partial charge < -0.3 is 9.42 Å². The van der Waals surface area contributed by atoms with Gasteiger partial charge in [0.15, 0.2) is 0 Å². The molecule has 3 aromatic rings. The fraction of sp³-hybridized carbons (Fsp3) is 0.353. The maximum absolute atomic E-state index is 12.5. The highest BCUT2D eigenvalue weighted by Crippen LogP contribution is 2.33. The first-order valence-corrected chi connectivity index (χ1v) is 8.60. The molecule has 1 fully saturated rings. The SMILES string of the molecule is Cc1cc(C(=O)N2CCCC(c3nc4ccccc4s3)C2)on1. The van der Waals surface area contributed by atoms with Gasteiger partial charge in [-0.05, 0) is 31.9 Å². The molecule has 23 heavy (non-hydrogen) atoms. The quantitative estimate of drug-likeness (QED) is 0.721. The van der Waals surface area contributed by atoms with Crippen molar-refractivity contribution in [3.8, 4) is 0 Å². The Balaban J connectivity index is 1.55. The summed E-state index contributed by atoms with van der Waals surface area (Å²) in [5, 5.41) is 4.93. The van der Waals surface area contributed by atoms with Crippen LogP contribution in [0.5, 0.6) is 0 Å². The molecule has 3 heterocycles. The van der Waals surface area contributed by atoms with E-state index in [1.807, 2.05) is 30.0 Å². The summed E-state index contributed by atoms with van der Waals surface area (Å²) in [5.41, 5.74) is 1.77. The van der Waals surface area contributed by atoms with Gasteiger partial charge in [0.05, 0.1) is 20.9 Å². The molecule has 0 saturated carbocycles. The highest BCUT2D eigenvalue weighted by Gasteiger charge is 2.29. The molecule has 1 unspecified atom stereocenters. The Morgan fingerprint density at radius 1 is 1.39 bits per heavy atom. The predicted molar refractivity (Wildman–Crippen MR) is 88.7 cm³/mol. The molecule has 4 rings (SSSR count). The number of hydrogen-bond acceptors (Lipinski definition) is 5. The van der Waals surface area contributed by atoms with Crippen LogP contribution in [0.2, 0.25) is 0 Å². The summed E-state index contributed by atoms with van der Waals surface area (Å²) in [6, 6.07) is 9.88. The van der Waals surface area contributed by atoms with Crippen molar-refractivity contribution in [3.05, 3.63) is 46.8 Å². The van der Waals surface area contributed by atoms with Crippen molar-refractivity contribution in [3.63, 3.8) is 0 Å². The number of aryl methyl sites for hydroxylation is 1. The Hall–Kier alpha value is -2.21. The zero-order valence-corrected chi connectivity index (χ0v) is 13.7. The van der Waals surface area contributed by atoms with Gasteiger partial charge in [-0.15, -0.1) is 11.3 Å². The van der Waals surface area contributed by atoms with Crippen molar-refractivity contribution in [1.29, 1.82) is 0 Å². The number of para-hydroxylation sites is 1. The van der Waals surface area contributed by atoms with Gasteiger partial charge in [0.25, 0.3) is 5.91 Å². The molecule has 0 spiro atoms. The summed E-state index contributed by atoms with van der Waals surface area (Å²) >= 11 is 1.73. The second-order valence-corrected chi connectivity index (χ2v) is 7.00. The molecule has 6 heteroatoms. The number of carbonyl (C=O) groups excluding carboxylic acids is 1. The first kappa shape index (κ1) is 14.4. The topological polar surface area (TPSA) is 59.2 Å². The predicted octanol–water partition coefficient (Wildman–Crippen LogP) is 3.61. The monoisotopic (exact) mass is 327 g/mol. The van der Waals surface area contributed by atoms with Gasteiger partial charge in [-0.3, -0.25) is 4.79 Å². The second-order valence-electron chi connectivity index (χ2n) is 5.94. The summed E-state index contributed by atoms with van der Waals surface area (Å²) in [7, 11) is 0. The molecular formula is C17H17N3O2S. The zero-order valence-electron chi connectivity index (χ0n) is 12.9. The largest absolute Gasteiger partial charge is 0.351 e. The van der Waals surface area contributed by atoms with Crippen LogP contribution < -0.4 is 0 Å². The maximum atomic E-state index is 12.5. The van der Waals surface area contributed by atoms with Gasteiger partial charge >= 0.3 is 0 Å². The van der Waals surface area contributed by atoms with E-state index in [1.165, 1.54) is 4.70 Å². The van der Waals surface area contributed by atoms with E-state index in [2.05, 4.69) is 11.2 Å². The van der Waals surface area contributed by atoms with Crippen LogP contribution in [-0.2, 0) is 0 Å². The number of fused-ring (bicyclic) bond motifs is 1. The number of benzene rings is 1. The minimum Gasteiger partial charge on any atom is -0.351 e. The minimum absolute atomic E-state index is 0.0728. The maximum Gasteiger partial charge on any atom is 0.292 e. The number of amides is 1. The summed E-state index contributed by atoms with van der Waals surface area (Å²) < 4.78 is 6.32. The standard InChI is InChI=1S/C17H17N3O2S/c1-11-9-14(22-19-11)17(21)20-8-4-5-12(10-20)16-18-13-6-2-3-7-15(13)23-16/h2-3,6-7,9,12H,4-5,8,10H2,1H3. The van der Waals surface area contributed by atoms with Crippen molar-refractivity contribution >= 4 is 27.5 Å². The van der Waals surface area contributed by atoms with E-state index in [4.69, 9.17) is 9.51 Å². The van der Waals surface area contributed by atoms with Crippen LogP contribution in [0.25, 0.3) is 10.2 Å². The lowest BCUT2D eigenvalue weighted by Crippen LogP contribution is -2.38. The minimum atomic E-state index is -0.0728. The number of rotatable bonds is 2. The molecule has 1 atom stereocenters. The van der Waals surface area contributed by atoms with Crippen molar-refractivity contribution < 1.29 is 9.32 Å². The third-order valence-corrected chi connectivity index (χ3v) is 5.41. The molecule has 0 aliphatic carbocycles. The number of carbonyl (C=O) groups is 1. The molecule has 118 valence electrons. The third kappa shape index (κ3) is 2.74. The molecule has 5 nitrogen and oxygen atoms in total. The summed E-state index contributed by atoms with van der Waals surface area (Å²) in [6.07, 6.45) is 2.05. The highest BCUT2D eigenvalue weighted by molar-refractivity contribution is 7.18. The van der Waals surface area contributed by atoms with Crippen LogP contribution in [0.3, 0.4) is 0 Å². The van der Waals surface area contributed by atoms with Crippen LogP contribution in [0.4, 0.5) is 0 Å². The summed E-state index contributed by atoms with van der Waals surface area (Å²) in [4.78, 5) is 19.2. The van der Waals surface area contributed by atoms with Crippen LogP contribution in [0.15, 0.2) is 34.9 Å². The lowest BCUT2D eigenvalue weighted by Gasteiger charge is -2.31. The average Bonchev–Trinajstić information content (AvgIpc) is 3.20. The Bertz CT molecular complexity index is 821. The molecule has 0 bridgehead atoms. The van der Waals surface area contributed by atoms with E-state index in [0.29, 0.717) is 18.2 Å². The van der Waals surface area contributed by atoms with E-state index in [9.17, 15) is 4.79 Å². The molecule has 1 aliphatic rings. The van der Waals surface area contributed by atoms with Gasteiger partial charge in [-0.2, -0.15) is 0 Å². The summed E-state index contributed by atoms with van der Waals surface area (Å²) in [5.74, 6) is 0.554. The fourth-order valence-electron chi connectivity index (χ4n) is 3.05. The number of likely N-dealkylation sites (tertiary alicyclic amines) is 1. The zero-order chi connectivity index (χ0) is 15.8. The van der Waals surface area contributed by atoms with Crippen molar-refractivity contribution in [2.45, 2.75) is 25.7 Å². The lowest BCUT2D eigenvalue weighted by atomic mass is 9.98. The Morgan fingerprint density at radius 3 is 3.04 bits per heavy atom. The Morgan fingerprint density at radius 2 is 2.26 bits per heavy atom. The number of nitrogens with zero attached hydrogens (tertiary/aromatic N) is 3. The molecule has 1 aromatic carbocycles. The van der Waals surface area contributed by atoms with Gasteiger partial charge in [-0.1, -0.05) is 17.3 Å². The molecule has 1 aliphatic heterocycles. The van der Waals surface area contributed by atoms with E-state index in [-0.39, 0.29) is 5.91 Å². The fourth-order valence-corrected chi connectivity index (χ4v) is 4.14.